The molecule has 0 unspecified atom stereocenters. The van der Waals surface area contributed by atoms with Crippen LogP contribution in [0.4, 0.5) is 5.69 Å². The first kappa shape index (κ1) is 16.1. The number of hydrogen-bond acceptors (Lipinski definition) is 4. The van der Waals surface area contributed by atoms with Gasteiger partial charge in [0.25, 0.3) is 5.91 Å². The minimum Gasteiger partial charge on any atom is -0.451 e. The summed E-state index contributed by atoms with van der Waals surface area (Å²) in [5.74, 6) is -1.00. The van der Waals surface area contributed by atoms with Crippen molar-refractivity contribution in [2.75, 3.05) is 11.9 Å². The highest BCUT2D eigenvalue weighted by molar-refractivity contribution is 6.35. The molecular weight excluding hydrogens is 317 g/mol. The number of hydrogen-bond donors (Lipinski definition) is 1. The quantitative estimate of drug-likeness (QED) is 0.861. The average molecular weight is 332 g/mol. The van der Waals surface area contributed by atoms with Gasteiger partial charge in [0, 0.05) is 11.6 Å². The first-order valence-corrected chi connectivity index (χ1v) is 7.31. The molecule has 114 valence electrons. The van der Waals surface area contributed by atoms with E-state index in [2.05, 4.69) is 5.32 Å². The molecule has 0 spiro atoms. The molecule has 1 N–H and O–H groups in total. The van der Waals surface area contributed by atoms with Crippen molar-refractivity contribution in [2.45, 2.75) is 32.0 Å². The fraction of sp³-hybridized carbons (Fsp3) is 0.429. The minimum absolute atomic E-state index is 0.352. The summed E-state index contributed by atoms with van der Waals surface area (Å²) in [5, 5.41) is 3.37. The Balaban J connectivity index is 1.93. The molecule has 0 saturated carbocycles. The molecule has 0 aromatic heterocycles. The van der Waals surface area contributed by atoms with Crippen LogP contribution in [0.5, 0.6) is 0 Å². The van der Waals surface area contributed by atoms with Gasteiger partial charge in [-0.1, -0.05) is 23.2 Å². The Kier molecular flexibility index (Phi) is 5.45. The van der Waals surface area contributed by atoms with Crippen LogP contribution in [-0.4, -0.2) is 30.7 Å². The van der Waals surface area contributed by atoms with Crippen LogP contribution in [0.2, 0.25) is 10.0 Å². The Morgan fingerprint density at radius 1 is 1.43 bits per heavy atom. The van der Waals surface area contributed by atoms with Crippen LogP contribution < -0.4 is 5.32 Å². The molecule has 0 radical (unpaired) electrons. The van der Waals surface area contributed by atoms with Crippen molar-refractivity contribution in [1.82, 2.24) is 0 Å². The largest absolute Gasteiger partial charge is 0.451 e. The number of amides is 1. The van der Waals surface area contributed by atoms with Crippen LogP contribution >= 0.6 is 23.2 Å². The summed E-state index contributed by atoms with van der Waals surface area (Å²) in [4.78, 5) is 23.8. The van der Waals surface area contributed by atoms with Gasteiger partial charge in [-0.25, -0.2) is 4.79 Å². The van der Waals surface area contributed by atoms with Crippen molar-refractivity contribution < 1.29 is 19.1 Å². The fourth-order valence-corrected chi connectivity index (χ4v) is 2.23. The summed E-state index contributed by atoms with van der Waals surface area (Å²) in [7, 11) is 0. The molecule has 1 aromatic carbocycles. The lowest BCUT2D eigenvalue weighted by Crippen LogP contribution is -2.34. The van der Waals surface area contributed by atoms with E-state index >= 15 is 0 Å². The average Bonchev–Trinajstić information content (AvgIpc) is 2.97. The van der Waals surface area contributed by atoms with Crippen molar-refractivity contribution in [3.05, 3.63) is 28.2 Å². The Morgan fingerprint density at radius 2 is 2.19 bits per heavy atom. The molecular formula is C14H15Cl2NO4. The molecule has 1 aliphatic heterocycles. The zero-order valence-corrected chi connectivity index (χ0v) is 12.9. The Labute approximate surface area is 132 Å². The second-order valence-electron chi connectivity index (χ2n) is 4.69. The molecule has 1 heterocycles. The Bertz CT molecular complexity index is 544. The maximum absolute atomic E-state index is 12.0. The first-order chi connectivity index (χ1) is 9.97. The topological polar surface area (TPSA) is 64.6 Å². The fourth-order valence-electron chi connectivity index (χ4n) is 1.89. The van der Waals surface area contributed by atoms with Gasteiger partial charge >= 0.3 is 5.97 Å². The summed E-state index contributed by atoms with van der Waals surface area (Å²) in [5.41, 5.74) is 0.370. The van der Waals surface area contributed by atoms with E-state index in [4.69, 9.17) is 32.7 Å². The first-order valence-electron chi connectivity index (χ1n) is 6.55. The number of ether oxygens (including phenoxy) is 2. The lowest BCUT2D eigenvalue weighted by atomic mass is 10.2. The second-order valence-corrected chi connectivity index (χ2v) is 5.54. The van der Waals surface area contributed by atoms with E-state index in [0.717, 1.165) is 6.42 Å². The molecule has 1 amide bonds. The highest BCUT2D eigenvalue weighted by atomic mass is 35.5. The Hall–Kier alpha value is -1.30. The number of carbonyl (C=O) groups is 2. The third kappa shape index (κ3) is 4.33. The summed E-state index contributed by atoms with van der Waals surface area (Å²) in [6.07, 6.45) is -0.0853. The van der Waals surface area contributed by atoms with E-state index in [1.54, 1.807) is 12.1 Å². The highest BCUT2D eigenvalue weighted by Gasteiger charge is 2.28. The van der Waals surface area contributed by atoms with Gasteiger partial charge in [-0.3, -0.25) is 4.79 Å². The number of anilines is 1. The normalized spacial score (nSPS) is 19.1. The van der Waals surface area contributed by atoms with E-state index in [-0.39, 0.29) is 0 Å². The zero-order chi connectivity index (χ0) is 15.4. The van der Waals surface area contributed by atoms with Gasteiger partial charge in [-0.15, -0.1) is 0 Å². The van der Waals surface area contributed by atoms with Crippen LogP contribution in [0.25, 0.3) is 0 Å². The molecule has 1 aliphatic rings. The van der Waals surface area contributed by atoms with Crippen molar-refractivity contribution in [3.8, 4) is 0 Å². The molecule has 1 aromatic rings. The van der Waals surface area contributed by atoms with Gasteiger partial charge in [0.1, 0.15) is 0 Å². The maximum atomic E-state index is 12.0. The van der Waals surface area contributed by atoms with Crippen LogP contribution in [0, 0.1) is 0 Å². The molecule has 2 rings (SSSR count). The predicted octanol–water partition coefficient (Wildman–Crippen LogP) is 3.04. The summed E-state index contributed by atoms with van der Waals surface area (Å²) in [6, 6.07) is 4.71. The molecule has 1 fully saturated rings. The van der Waals surface area contributed by atoms with Gasteiger partial charge in [0.2, 0.25) is 0 Å². The molecule has 7 heteroatoms. The summed E-state index contributed by atoms with van der Waals surface area (Å²) >= 11 is 11.8. The third-order valence-electron chi connectivity index (χ3n) is 3.04. The molecule has 5 nitrogen and oxygen atoms in total. The standard InChI is InChI=1S/C14H15Cl2NO4/c1-8(21-14(19)12-3-2-6-20-12)13(18)17-11-7-9(15)4-5-10(11)16/h4-5,7-8,12H,2-3,6H2,1H3,(H,17,18)/t8-,12+/m0/s1. The molecule has 0 aliphatic carbocycles. The SMILES string of the molecule is C[C@H](OC(=O)[C@H]1CCCO1)C(=O)Nc1cc(Cl)ccc1Cl. The molecule has 1 saturated heterocycles. The lowest BCUT2D eigenvalue weighted by Gasteiger charge is -2.16. The van der Waals surface area contributed by atoms with E-state index in [9.17, 15) is 9.59 Å². The summed E-state index contributed by atoms with van der Waals surface area (Å²) in [6.45, 7) is 2.03. The molecule has 21 heavy (non-hydrogen) atoms. The van der Waals surface area contributed by atoms with Gasteiger partial charge in [0.05, 0.1) is 10.7 Å². The number of benzene rings is 1. The molecule has 0 bridgehead atoms. The van der Waals surface area contributed by atoms with Crippen molar-refractivity contribution in [1.29, 1.82) is 0 Å². The summed E-state index contributed by atoms with van der Waals surface area (Å²) < 4.78 is 10.3. The van der Waals surface area contributed by atoms with Crippen LogP contribution in [0.15, 0.2) is 18.2 Å². The van der Waals surface area contributed by atoms with Gasteiger partial charge in [0.15, 0.2) is 12.2 Å². The maximum Gasteiger partial charge on any atom is 0.336 e. The van der Waals surface area contributed by atoms with E-state index < -0.39 is 24.1 Å². The second kappa shape index (κ2) is 7.11. The minimum atomic E-state index is -0.947. The van der Waals surface area contributed by atoms with E-state index in [1.165, 1.54) is 13.0 Å². The van der Waals surface area contributed by atoms with Crippen molar-refractivity contribution >= 4 is 40.8 Å². The van der Waals surface area contributed by atoms with E-state index in [1.807, 2.05) is 0 Å². The predicted molar refractivity (Wildman–Crippen MR) is 79.6 cm³/mol. The smallest absolute Gasteiger partial charge is 0.336 e. The number of rotatable bonds is 4. The number of esters is 1. The van der Waals surface area contributed by atoms with Crippen molar-refractivity contribution in [3.63, 3.8) is 0 Å². The Morgan fingerprint density at radius 3 is 2.86 bits per heavy atom. The van der Waals surface area contributed by atoms with Crippen LogP contribution in [0.1, 0.15) is 19.8 Å². The van der Waals surface area contributed by atoms with Gasteiger partial charge in [-0.2, -0.15) is 0 Å². The van der Waals surface area contributed by atoms with Crippen LogP contribution in [0.3, 0.4) is 0 Å². The number of halogens is 2. The third-order valence-corrected chi connectivity index (χ3v) is 3.61. The lowest BCUT2D eigenvalue weighted by molar-refractivity contribution is -0.162. The highest BCUT2D eigenvalue weighted by Crippen LogP contribution is 2.25. The monoisotopic (exact) mass is 331 g/mol. The van der Waals surface area contributed by atoms with Gasteiger partial charge in [-0.05, 0) is 38.0 Å². The van der Waals surface area contributed by atoms with Crippen molar-refractivity contribution in [2.24, 2.45) is 0 Å². The number of carbonyl (C=O) groups excluding carboxylic acids is 2. The molecule has 2 atom stereocenters. The number of nitrogens with one attached hydrogen (secondary N) is 1. The van der Waals surface area contributed by atoms with E-state index in [0.29, 0.717) is 28.8 Å². The zero-order valence-electron chi connectivity index (χ0n) is 11.4. The van der Waals surface area contributed by atoms with Crippen LogP contribution in [-0.2, 0) is 19.1 Å². The van der Waals surface area contributed by atoms with Gasteiger partial charge < -0.3 is 14.8 Å².